The fourth-order valence-corrected chi connectivity index (χ4v) is 0.895. The summed E-state index contributed by atoms with van der Waals surface area (Å²) in [6.45, 7) is 3.74. The zero-order chi connectivity index (χ0) is 11.3. The van der Waals surface area contributed by atoms with E-state index in [2.05, 4.69) is 5.16 Å². The van der Waals surface area contributed by atoms with Crippen molar-refractivity contribution in [3.05, 3.63) is 39.9 Å². The minimum Gasteiger partial charge on any atom is -0.393 e. The molecule has 0 radical (unpaired) electrons. The van der Waals surface area contributed by atoms with Crippen molar-refractivity contribution in [2.24, 2.45) is 5.16 Å². The summed E-state index contributed by atoms with van der Waals surface area (Å²) in [6.07, 6.45) is 1.54. The Hall–Kier alpha value is -1.91. The lowest BCUT2D eigenvalue weighted by molar-refractivity contribution is -0.384. The van der Waals surface area contributed by atoms with Gasteiger partial charge in [-0.1, -0.05) is 5.16 Å². The van der Waals surface area contributed by atoms with Crippen LogP contribution in [0.3, 0.4) is 0 Å². The molecular weight excluding hydrogens is 196 g/mol. The second-order valence-electron chi connectivity index (χ2n) is 3.24. The number of nitrogens with zero attached hydrogens (tertiary/aromatic N) is 2. The van der Waals surface area contributed by atoms with E-state index in [9.17, 15) is 10.1 Å². The van der Waals surface area contributed by atoms with Crippen LogP contribution in [0.25, 0.3) is 0 Å². The Morgan fingerprint density at radius 3 is 2.47 bits per heavy atom. The summed E-state index contributed by atoms with van der Waals surface area (Å²) in [5.74, 6) is 0. The van der Waals surface area contributed by atoms with Gasteiger partial charge in [-0.2, -0.15) is 0 Å². The highest BCUT2D eigenvalue weighted by molar-refractivity contribution is 5.79. The maximum Gasteiger partial charge on any atom is 0.269 e. The highest BCUT2D eigenvalue weighted by Crippen LogP contribution is 2.10. The first-order valence-electron chi connectivity index (χ1n) is 4.53. The number of nitro benzene ring substituents is 1. The van der Waals surface area contributed by atoms with Gasteiger partial charge in [0.05, 0.1) is 11.1 Å². The van der Waals surface area contributed by atoms with Gasteiger partial charge in [0.25, 0.3) is 5.69 Å². The molecule has 1 aromatic carbocycles. The molecule has 80 valence electrons. The normalized spacial score (nSPS) is 10.9. The number of hydrogen-bond acceptors (Lipinski definition) is 4. The highest BCUT2D eigenvalue weighted by Gasteiger charge is 2.02. The van der Waals surface area contributed by atoms with E-state index in [-0.39, 0.29) is 11.8 Å². The third kappa shape index (κ3) is 3.76. The first-order chi connectivity index (χ1) is 7.09. The summed E-state index contributed by atoms with van der Waals surface area (Å²) in [5, 5.41) is 14.1. The summed E-state index contributed by atoms with van der Waals surface area (Å²) in [4.78, 5) is 14.9. The van der Waals surface area contributed by atoms with Crippen molar-refractivity contribution in [3.8, 4) is 0 Å². The molecule has 0 aliphatic carbocycles. The first-order valence-corrected chi connectivity index (χ1v) is 4.53. The van der Waals surface area contributed by atoms with Crippen LogP contribution in [0.5, 0.6) is 0 Å². The second kappa shape index (κ2) is 5.09. The molecule has 0 atom stereocenters. The third-order valence-electron chi connectivity index (χ3n) is 1.58. The van der Waals surface area contributed by atoms with Gasteiger partial charge in [-0.25, -0.2) is 0 Å². The zero-order valence-corrected chi connectivity index (χ0v) is 8.58. The lowest BCUT2D eigenvalue weighted by Crippen LogP contribution is -1.96. The van der Waals surface area contributed by atoms with Crippen molar-refractivity contribution in [1.82, 2.24) is 0 Å². The first kappa shape index (κ1) is 11.2. The van der Waals surface area contributed by atoms with E-state index >= 15 is 0 Å². The van der Waals surface area contributed by atoms with E-state index in [4.69, 9.17) is 4.84 Å². The molecule has 15 heavy (non-hydrogen) atoms. The monoisotopic (exact) mass is 208 g/mol. The van der Waals surface area contributed by atoms with Crippen LogP contribution in [0.4, 0.5) is 5.69 Å². The lowest BCUT2D eigenvalue weighted by atomic mass is 10.2. The topological polar surface area (TPSA) is 64.7 Å². The molecule has 0 saturated carbocycles. The fourth-order valence-electron chi connectivity index (χ4n) is 0.895. The van der Waals surface area contributed by atoms with Crippen LogP contribution in [-0.4, -0.2) is 17.2 Å². The lowest BCUT2D eigenvalue weighted by Gasteiger charge is -2.00. The van der Waals surface area contributed by atoms with Gasteiger partial charge in [-0.05, 0) is 31.5 Å². The zero-order valence-electron chi connectivity index (χ0n) is 8.58. The molecule has 0 N–H and O–H groups in total. The van der Waals surface area contributed by atoms with Gasteiger partial charge in [0.2, 0.25) is 0 Å². The van der Waals surface area contributed by atoms with Gasteiger partial charge in [0.15, 0.2) is 0 Å². The van der Waals surface area contributed by atoms with Crippen molar-refractivity contribution in [2.75, 3.05) is 0 Å². The molecule has 0 aromatic heterocycles. The molecule has 0 fully saturated rings. The fraction of sp³-hybridized carbons (Fsp3) is 0.300. The summed E-state index contributed by atoms with van der Waals surface area (Å²) < 4.78 is 0. The van der Waals surface area contributed by atoms with Crippen LogP contribution < -0.4 is 0 Å². The van der Waals surface area contributed by atoms with Gasteiger partial charge < -0.3 is 4.84 Å². The minimum atomic E-state index is -0.439. The smallest absolute Gasteiger partial charge is 0.269 e. The van der Waals surface area contributed by atoms with Crippen LogP contribution in [0.2, 0.25) is 0 Å². The van der Waals surface area contributed by atoms with Crippen molar-refractivity contribution >= 4 is 11.9 Å². The standard InChI is InChI=1S/C10H12N2O3/c1-8(2)15-11-7-9-3-5-10(6-4-9)12(13)14/h3-8H,1-2H3/b11-7+. The Balaban J connectivity index is 2.64. The average molecular weight is 208 g/mol. The maximum atomic E-state index is 10.4. The molecule has 0 unspecified atom stereocenters. The van der Waals surface area contributed by atoms with E-state index in [0.29, 0.717) is 0 Å². The predicted molar refractivity (Wildman–Crippen MR) is 56.9 cm³/mol. The van der Waals surface area contributed by atoms with Crippen molar-refractivity contribution in [2.45, 2.75) is 20.0 Å². The number of benzene rings is 1. The van der Waals surface area contributed by atoms with Gasteiger partial charge >= 0.3 is 0 Å². The Kier molecular flexibility index (Phi) is 3.79. The predicted octanol–water partition coefficient (Wildman–Crippen LogP) is 2.35. The summed E-state index contributed by atoms with van der Waals surface area (Å²) in [7, 11) is 0. The van der Waals surface area contributed by atoms with Gasteiger partial charge in [0.1, 0.15) is 6.10 Å². The number of nitro groups is 1. The SMILES string of the molecule is CC(C)O/N=C/c1ccc([N+](=O)[O-])cc1. The average Bonchev–Trinajstić information content (AvgIpc) is 2.18. The van der Waals surface area contributed by atoms with Gasteiger partial charge in [-0.3, -0.25) is 10.1 Å². The number of hydrogen-bond donors (Lipinski definition) is 0. The van der Waals surface area contributed by atoms with Crippen molar-refractivity contribution < 1.29 is 9.76 Å². The molecule has 1 aromatic rings. The molecule has 1 rings (SSSR count). The van der Waals surface area contributed by atoms with E-state index in [1.807, 2.05) is 13.8 Å². The van der Waals surface area contributed by atoms with Crippen LogP contribution in [0.15, 0.2) is 29.4 Å². The van der Waals surface area contributed by atoms with Gasteiger partial charge in [-0.15, -0.1) is 0 Å². The summed E-state index contributed by atoms with van der Waals surface area (Å²) >= 11 is 0. The largest absolute Gasteiger partial charge is 0.393 e. The molecule has 0 saturated heterocycles. The Morgan fingerprint density at radius 1 is 1.40 bits per heavy atom. The van der Waals surface area contributed by atoms with Crippen LogP contribution in [-0.2, 0) is 4.84 Å². The number of oxime groups is 1. The van der Waals surface area contributed by atoms with E-state index < -0.39 is 4.92 Å². The second-order valence-corrected chi connectivity index (χ2v) is 3.24. The molecule has 0 bridgehead atoms. The summed E-state index contributed by atoms with van der Waals surface area (Å²) in [6, 6.07) is 6.09. The van der Waals surface area contributed by atoms with E-state index in [1.54, 1.807) is 12.1 Å². The molecule has 0 heterocycles. The van der Waals surface area contributed by atoms with E-state index in [1.165, 1.54) is 18.3 Å². The Morgan fingerprint density at radius 2 is 2.00 bits per heavy atom. The molecule has 0 aliphatic rings. The number of rotatable bonds is 4. The van der Waals surface area contributed by atoms with Crippen LogP contribution in [0, 0.1) is 10.1 Å². The quantitative estimate of drug-likeness (QED) is 0.433. The van der Waals surface area contributed by atoms with Crippen LogP contribution >= 0.6 is 0 Å². The molecule has 5 heteroatoms. The molecule has 0 amide bonds. The Labute approximate surface area is 87.5 Å². The van der Waals surface area contributed by atoms with Gasteiger partial charge in [0, 0.05) is 12.1 Å². The maximum absolute atomic E-state index is 10.4. The molecule has 0 spiro atoms. The van der Waals surface area contributed by atoms with Crippen LogP contribution in [0.1, 0.15) is 19.4 Å². The molecular formula is C10H12N2O3. The van der Waals surface area contributed by atoms with E-state index in [0.717, 1.165) is 5.56 Å². The molecule has 0 aliphatic heterocycles. The molecule has 5 nitrogen and oxygen atoms in total. The third-order valence-corrected chi connectivity index (χ3v) is 1.58. The summed E-state index contributed by atoms with van der Waals surface area (Å²) in [5.41, 5.74) is 0.832. The van der Waals surface area contributed by atoms with Crippen molar-refractivity contribution in [3.63, 3.8) is 0 Å². The Bertz CT molecular complexity index is 357. The number of non-ortho nitro benzene ring substituents is 1. The van der Waals surface area contributed by atoms with Crippen molar-refractivity contribution in [1.29, 1.82) is 0 Å². The minimum absolute atomic E-state index is 0.0271. The highest BCUT2D eigenvalue weighted by atomic mass is 16.6.